The molecule has 4 rings (SSSR count). The van der Waals surface area contributed by atoms with E-state index in [0.29, 0.717) is 24.0 Å². The minimum absolute atomic E-state index is 0.00780. The van der Waals surface area contributed by atoms with Gasteiger partial charge < -0.3 is 35.3 Å². The van der Waals surface area contributed by atoms with Gasteiger partial charge in [-0.15, -0.1) is 0 Å². The van der Waals surface area contributed by atoms with E-state index in [1.807, 2.05) is 10.8 Å². The third-order valence-corrected chi connectivity index (χ3v) is 9.94. The van der Waals surface area contributed by atoms with Gasteiger partial charge in [-0.05, 0) is 62.4 Å². The molecule has 15 nitrogen and oxygen atoms in total. The van der Waals surface area contributed by atoms with Gasteiger partial charge in [0.1, 0.15) is 40.0 Å². The SMILES string of the molecule is COC(=O)c1c(O)cccc1OCCCCNC(=O)[C@H](Cc1ccc(C2CC(=O)NS2(=O)=O)cc1)NC(=O)[C@H](Cc1ccccc1)NC(=O)OC(C)(C)C. The van der Waals surface area contributed by atoms with Crippen LogP contribution in [-0.2, 0) is 46.7 Å². The molecule has 1 aliphatic heterocycles. The van der Waals surface area contributed by atoms with Crippen LogP contribution in [0.25, 0.3) is 0 Å². The van der Waals surface area contributed by atoms with E-state index in [9.17, 15) is 37.5 Å². The number of hydrogen-bond donors (Lipinski definition) is 5. The van der Waals surface area contributed by atoms with Crippen LogP contribution in [0.15, 0.2) is 72.8 Å². The van der Waals surface area contributed by atoms with Crippen molar-refractivity contribution < 1.29 is 51.7 Å². The average molecular weight is 767 g/mol. The van der Waals surface area contributed by atoms with Gasteiger partial charge in [-0.2, -0.15) is 0 Å². The molecule has 3 aromatic rings. The molecular weight excluding hydrogens is 721 g/mol. The van der Waals surface area contributed by atoms with E-state index in [0.717, 1.165) is 5.56 Å². The summed E-state index contributed by atoms with van der Waals surface area (Å²) in [5.74, 6) is -2.62. The molecule has 1 saturated heterocycles. The summed E-state index contributed by atoms with van der Waals surface area (Å²) in [5, 5.41) is 17.3. The van der Waals surface area contributed by atoms with Crippen molar-refractivity contribution in [1.29, 1.82) is 0 Å². The van der Waals surface area contributed by atoms with Crippen LogP contribution in [-0.4, -0.2) is 81.3 Å². The third kappa shape index (κ3) is 11.9. The van der Waals surface area contributed by atoms with Crippen LogP contribution in [0.1, 0.15) is 72.3 Å². The quantitative estimate of drug-likeness (QED) is 0.105. The Bertz CT molecular complexity index is 1910. The van der Waals surface area contributed by atoms with Crippen molar-refractivity contribution in [1.82, 2.24) is 20.7 Å². The van der Waals surface area contributed by atoms with Crippen molar-refractivity contribution in [2.75, 3.05) is 20.3 Å². The number of rotatable bonds is 16. The summed E-state index contributed by atoms with van der Waals surface area (Å²) in [6.07, 6.45) is 0.00304. The Morgan fingerprint density at radius 1 is 0.870 bits per heavy atom. The first-order valence-corrected chi connectivity index (χ1v) is 18.9. The lowest BCUT2D eigenvalue weighted by Gasteiger charge is -2.25. The fraction of sp³-hybridized carbons (Fsp3) is 0.395. The van der Waals surface area contributed by atoms with Crippen molar-refractivity contribution in [3.8, 4) is 11.5 Å². The summed E-state index contributed by atoms with van der Waals surface area (Å²) >= 11 is 0. The molecule has 1 heterocycles. The summed E-state index contributed by atoms with van der Waals surface area (Å²) < 4.78 is 42.6. The number of benzene rings is 3. The summed E-state index contributed by atoms with van der Waals surface area (Å²) in [4.78, 5) is 64.1. The molecule has 54 heavy (non-hydrogen) atoms. The highest BCUT2D eigenvalue weighted by molar-refractivity contribution is 7.90. The Morgan fingerprint density at radius 3 is 2.13 bits per heavy atom. The number of esters is 1. The van der Waals surface area contributed by atoms with Crippen molar-refractivity contribution in [2.24, 2.45) is 0 Å². The topological polar surface area (TPSA) is 216 Å². The van der Waals surface area contributed by atoms with E-state index >= 15 is 0 Å². The van der Waals surface area contributed by atoms with E-state index in [4.69, 9.17) is 14.2 Å². The monoisotopic (exact) mass is 766 g/mol. The molecular formula is C38H46N4O11S. The van der Waals surface area contributed by atoms with Crippen LogP contribution in [0.5, 0.6) is 11.5 Å². The van der Waals surface area contributed by atoms with Crippen molar-refractivity contribution in [2.45, 2.75) is 75.8 Å². The highest BCUT2D eigenvalue weighted by Gasteiger charge is 2.38. The van der Waals surface area contributed by atoms with Crippen molar-refractivity contribution >= 4 is 39.8 Å². The average Bonchev–Trinajstić information content (AvgIpc) is 3.39. The van der Waals surface area contributed by atoms with Gasteiger partial charge >= 0.3 is 12.1 Å². The Hall–Kier alpha value is -5.64. The van der Waals surface area contributed by atoms with Gasteiger partial charge in [0.15, 0.2) is 0 Å². The number of aromatic hydroxyl groups is 1. The van der Waals surface area contributed by atoms with E-state index in [2.05, 4.69) is 16.0 Å². The number of nitrogens with one attached hydrogen (secondary N) is 4. The maximum Gasteiger partial charge on any atom is 0.408 e. The Labute approximate surface area is 314 Å². The summed E-state index contributed by atoms with van der Waals surface area (Å²) in [5.41, 5.74) is 0.826. The second kappa shape index (κ2) is 18.4. The predicted octanol–water partition coefficient (Wildman–Crippen LogP) is 3.21. The maximum absolute atomic E-state index is 13.8. The lowest BCUT2D eigenvalue weighted by molar-refractivity contribution is -0.130. The van der Waals surface area contributed by atoms with Gasteiger partial charge in [0.2, 0.25) is 27.7 Å². The van der Waals surface area contributed by atoms with Gasteiger partial charge in [0, 0.05) is 19.4 Å². The molecule has 3 atom stereocenters. The van der Waals surface area contributed by atoms with Gasteiger partial charge in [-0.3, -0.25) is 19.1 Å². The summed E-state index contributed by atoms with van der Waals surface area (Å²) in [6, 6.07) is 17.6. The van der Waals surface area contributed by atoms with Gasteiger partial charge in [-0.25, -0.2) is 18.0 Å². The molecule has 4 amide bonds. The highest BCUT2D eigenvalue weighted by atomic mass is 32.2. The molecule has 0 aliphatic carbocycles. The smallest absolute Gasteiger partial charge is 0.408 e. The number of unbranched alkanes of at least 4 members (excludes halogenated alkanes) is 1. The van der Waals surface area contributed by atoms with Crippen LogP contribution in [0, 0.1) is 0 Å². The number of sulfonamides is 1. The van der Waals surface area contributed by atoms with Crippen LogP contribution < -0.4 is 25.4 Å². The zero-order chi connectivity index (χ0) is 39.5. The maximum atomic E-state index is 13.8. The number of alkyl carbamates (subject to hydrolysis) is 1. The summed E-state index contributed by atoms with van der Waals surface area (Å²) in [7, 11) is -2.67. The van der Waals surface area contributed by atoms with Gasteiger partial charge in [-0.1, -0.05) is 60.7 Å². The van der Waals surface area contributed by atoms with Crippen molar-refractivity contribution in [3.05, 3.63) is 95.1 Å². The van der Waals surface area contributed by atoms with Crippen LogP contribution in [0.4, 0.5) is 4.79 Å². The van der Waals surface area contributed by atoms with E-state index in [1.165, 1.54) is 25.3 Å². The first-order chi connectivity index (χ1) is 25.6. The lowest BCUT2D eigenvalue weighted by Crippen LogP contribution is -2.55. The number of hydrogen-bond acceptors (Lipinski definition) is 11. The van der Waals surface area contributed by atoms with Gasteiger partial charge in [0.05, 0.1) is 20.1 Å². The molecule has 0 spiro atoms. The molecule has 0 saturated carbocycles. The van der Waals surface area contributed by atoms with E-state index in [1.54, 1.807) is 69.3 Å². The fourth-order valence-corrected chi connectivity index (χ4v) is 7.06. The van der Waals surface area contributed by atoms with E-state index < -0.39 is 62.7 Å². The van der Waals surface area contributed by atoms with Crippen LogP contribution in [0.2, 0.25) is 0 Å². The number of phenols is 1. The van der Waals surface area contributed by atoms with Crippen molar-refractivity contribution in [3.63, 3.8) is 0 Å². The number of ether oxygens (including phenoxy) is 3. The largest absolute Gasteiger partial charge is 0.507 e. The van der Waals surface area contributed by atoms with Crippen LogP contribution >= 0.6 is 0 Å². The Kier molecular flexibility index (Phi) is 14.0. The second-order valence-corrected chi connectivity index (χ2v) is 15.5. The zero-order valence-electron chi connectivity index (χ0n) is 30.5. The summed E-state index contributed by atoms with van der Waals surface area (Å²) in [6.45, 7) is 5.43. The number of phenolic OH excluding ortho intramolecular Hbond substituents is 1. The number of carbonyl (C=O) groups excluding carboxylic acids is 5. The lowest BCUT2D eigenvalue weighted by atomic mass is 10.0. The third-order valence-electron chi connectivity index (χ3n) is 8.24. The molecule has 0 radical (unpaired) electrons. The van der Waals surface area contributed by atoms with Gasteiger partial charge in [0.25, 0.3) is 0 Å². The van der Waals surface area contributed by atoms with E-state index in [-0.39, 0.29) is 49.5 Å². The molecule has 1 unspecified atom stereocenters. The molecule has 290 valence electrons. The Morgan fingerprint density at radius 2 is 1.52 bits per heavy atom. The first-order valence-electron chi connectivity index (χ1n) is 17.3. The second-order valence-electron chi connectivity index (χ2n) is 13.6. The molecule has 0 aromatic heterocycles. The number of methoxy groups -OCH3 is 1. The predicted molar refractivity (Wildman–Crippen MR) is 197 cm³/mol. The minimum Gasteiger partial charge on any atom is -0.507 e. The number of carbonyl (C=O) groups is 5. The molecule has 0 bridgehead atoms. The highest BCUT2D eigenvalue weighted by Crippen LogP contribution is 2.30. The molecule has 16 heteroatoms. The minimum atomic E-state index is -3.86. The van der Waals surface area contributed by atoms with Crippen LogP contribution in [0.3, 0.4) is 0 Å². The molecule has 1 fully saturated rings. The molecule has 1 aliphatic rings. The fourth-order valence-electron chi connectivity index (χ4n) is 5.63. The Balaban J connectivity index is 1.46. The molecule has 3 aromatic carbocycles. The number of amides is 4. The zero-order valence-corrected chi connectivity index (χ0v) is 31.4. The molecule has 5 N–H and O–H groups in total. The standard InChI is InChI=1S/C38H46N4O11S/c1-38(2,3)53-37(48)41-28(21-24-11-6-5-7-12-24)35(46)40-27(22-25-15-17-26(18-16-25)31-23-32(44)42-54(31,49)50)34(45)39-19-8-9-20-52-30-14-10-13-29(43)33(30)36(47)51-4/h5-7,10-18,27-28,31,43H,8-9,19-23H2,1-4H3,(H,39,45)(H,40,46)(H,41,48)(H,42,44)/t27-,28-,31?/m0/s1. The first kappa shape index (κ1) is 41.1. The normalized spacial score (nSPS) is 15.9.